The average Bonchev–Trinajstić information content (AvgIpc) is 3.33. The summed E-state index contributed by atoms with van der Waals surface area (Å²) in [7, 11) is 0. The molecule has 6 rings (SSSR count). The van der Waals surface area contributed by atoms with E-state index in [0.717, 1.165) is 16.3 Å². The molecule has 1 amide bonds. The summed E-state index contributed by atoms with van der Waals surface area (Å²) >= 11 is 6.32. The molecule has 0 radical (unpaired) electrons. The fourth-order valence-corrected chi connectivity index (χ4v) is 5.73. The molecule has 1 saturated heterocycles. The van der Waals surface area contributed by atoms with E-state index in [1.54, 1.807) is 6.92 Å². The van der Waals surface area contributed by atoms with Gasteiger partial charge in [-0.05, 0) is 43.5 Å². The van der Waals surface area contributed by atoms with Crippen molar-refractivity contribution in [2.24, 2.45) is 0 Å². The molecule has 2 aromatic heterocycles. The van der Waals surface area contributed by atoms with Crippen LogP contribution in [0.4, 0.5) is 20.3 Å². The second-order valence-corrected chi connectivity index (χ2v) is 10.7. The molecule has 43 heavy (non-hydrogen) atoms. The first-order chi connectivity index (χ1) is 20.9. The molecule has 13 heteroatoms. The summed E-state index contributed by atoms with van der Waals surface area (Å²) in [6.45, 7) is 3.26. The number of carbonyl (C=O) groups is 1. The van der Waals surface area contributed by atoms with Crippen LogP contribution in [0.15, 0.2) is 59.4 Å². The van der Waals surface area contributed by atoms with Crippen molar-refractivity contribution in [1.82, 2.24) is 19.3 Å². The predicted octanol–water partition coefficient (Wildman–Crippen LogP) is 4.70. The predicted molar refractivity (Wildman–Crippen MR) is 156 cm³/mol. The molecule has 4 heterocycles. The highest BCUT2D eigenvalue weighted by Gasteiger charge is 2.38. The number of benzene rings is 2. The molecule has 0 aliphatic carbocycles. The maximum absolute atomic E-state index is 15.8. The number of hydrogen-bond donors (Lipinski definition) is 0. The topological polar surface area (TPSA) is 94.7 Å². The molecular weight excluding hydrogens is 582 g/mol. The number of anilines is 2. The standard InChI is InChI=1S/C30H29ClF2N6O4/c1-2-36-25(17-43-16-19-7-4-3-5-8-19)35-39(30(36)41)28-24(33)15-21-27(34-28)37(20-11-13-42-14-12-20)18-38(29(21)40)26-22(31)9-6-10-23(26)32/h3-10,15,20H,2,11-14,16-18H2,1H3. The van der Waals surface area contributed by atoms with Gasteiger partial charge in [0, 0.05) is 25.8 Å². The Morgan fingerprint density at radius 2 is 1.77 bits per heavy atom. The Morgan fingerprint density at radius 1 is 1.00 bits per heavy atom. The number of ether oxygens (including phenoxy) is 2. The van der Waals surface area contributed by atoms with Crippen LogP contribution in [-0.2, 0) is 29.2 Å². The molecule has 2 aliphatic rings. The first-order valence-electron chi connectivity index (χ1n) is 14.0. The molecule has 0 bridgehead atoms. The molecule has 0 saturated carbocycles. The highest BCUT2D eigenvalue weighted by atomic mass is 35.5. The number of carbonyl (C=O) groups excluding carboxylic acids is 1. The van der Waals surface area contributed by atoms with Crippen molar-refractivity contribution in [3.63, 3.8) is 0 Å². The van der Waals surface area contributed by atoms with E-state index in [9.17, 15) is 14.0 Å². The number of rotatable bonds is 8. The van der Waals surface area contributed by atoms with Crippen LogP contribution in [0.25, 0.3) is 5.82 Å². The number of aromatic nitrogens is 4. The highest BCUT2D eigenvalue weighted by Crippen LogP contribution is 2.37. The molecule has 0 atom stereocenters. The molecule has 224 valence electrons. The molecule has 2 aliphatic heterocycles. The summed E-state index contributed by atoms with van der Waals surface area (Å²) in [4.78, 5) is 34.6. The Kier molecular flexibility index (Phi) is 8.24. The van der Waals surface area contributed by atoms with Crippen LogP contribution in [-0.4, -0.2) is 51.2 Å². The van der Waals surface area contributed by atoms with Crippen LogP contribution in [0.1, 0.15) is 41.5 Å². The number of pyridine rings is 1. The van der Waals surface area contributed by atoms with Gasteiger partial charge in [-0.15, -0.1) is 5.10 Å². The third-order valence-electron chi connectivity index (χ3n) is 7.62. The molecule has 2 aromatic carbocycles. The Morgan fingerprint density at radius 3 is 2.49 bits per heavy atom. The van der Waals surface area contributed by atoms with Gasteiger partial charge in [-0.3, -0.25) is 14.3 Å². The lowest BCUT2D eigenvalue weighted by atomic mass is 10.0. The van der Waals surface area contributed by atoms with Gasteiger partial charge < -0.3 is 14.4 Å². The number of halogens is 3. The zero-order valence-electron chi connectivity index (χ0n) is 23.4. The van der Waals surface area contributed by atoms with Crippen molar-refractivity contribution >= 4 is 29.0 Å². The van der Waals surface area contributed by atoms with Gasteiger partial charge in [-0.1, -0.05) is 48.0 Å². The Bertz CT molecular complexity index is 1690. The van der Waals surface area contributed by atoms with Crippen molar-refractivity contribution in [2.45, 2.75) is 45.6 Å². The van der Waals surface area contributed by atoms with Crippen molar-refractivity contribution < 1.29 is 23.0 Å². The smallest absolute Gasteiger partial charge is 0.352 e. The quantitative estimate of drug-likeness (QED) is 0.285. The van der Waals surface area contributed by atoms with E-state index in [-0.39, 0.29) is 53.8 Å². The lowest BCUT2D eigenvalue weighted by molar-refractivity contribution is 0.0828. The first-order valence-corrected chi connectivity index (χ1v) is 14.4. The van der Waals surface area contributed by atoms with Crippen molar-refractivity contribution in [3.8, 4) is 5.82 Å². The number of fused-ring (bicyclic) bond motifs is 1. The van der Waals surface area contributed by atoms with E-state index in [2.05, 4.69) is 10.1 Å². The number of hydrogen-bond acceptors (Lipinski definition) is 7. The summed E-state index contributed by atoms with van der Waals surface area (Å²) in [6.07, 6.45) is 1.21. The highest BCUT2D eigenvalue weighted by molar-refractivity contribution is 6.34. The van der Waals surface area contributed by atoms with Crippen LogP contribution < -0.4 is 15.5 Å². The summed E-state index contributed by atoms with van der Waals surface area (Å²) in [5.74, 6) is -2.14. The van der Waals surface area contributed by atoms with E-state index < -0.39 is 23.2 Å². The van der Waals surface area contributed by atoms with Crippen molar-refractivity contribution in [2.75, 3.05) is 29.7 Å². The Balaban J connectivity index is 1.39. The van der Waals surface area contributed by atoms with Gasteiger partial charge in [0.1, 0.15) is 30.6 Å². The second kappa shape index (κ2) is 12.2. The van der Waals surface area contributed by atoms with Gasteiger partial charge in [0.05, 0.1) is 17.2 Å². The first kappa shape index (κ1) is 29.0. The SMILES string of the molecule is CCn1c(COCc2ccccc2)nn(-c2nc3c(cc2F)C(=O)N(c2c(F)cccc2Cl)CN3C2CCOCC2)c1=O. The van der Waals surface area contributed by atoms with Gasteiger partial charge in [0.2, 0.25) is 0 Å². The molecular formula is C30H29ClF2N6O4. The Labute approximate surface area is 251 Å². The molecule has 0 unspecified atom stereocenters. The largest absolute Gasteiger partial charge is 0.381 e. The van der Waals surface area contributed by atoms with Gasteiger partial charge in [0.15, 0.2) is 17.5 Å². The molecule has 0 spiro atoms. The average molecular weight is 611 g/mol. The van der Waals surface area contributed by atoms with Crippen molar-refractivity contribution in [1.29, 1.82) is 0 Å². The summed E-state index contributed by atoms with van der Waals surface area (Å²) in [6, 6.07) is 14.6. The van der Waals surface area contributed by atoms with E-state index in [4.69, 9.17) is 21.1 Å². The maximum Gasteiger partial charge on any atom is 0.352 e. The van der Waals surface area contributed by atoms with Crippen LogP contribution in [0.5, 0.6) is 0 Å². The number of nitrogens with zero attached hydrogens (tertiary/aromatic N) is 6. The van der Waals surface area contributed by atoms with Gasteiger partial charge in [-0.2, -0.15) is 4.68 Å². The monoisotopic (exact) mass is 610 g/mol. The number of amides is 1. The van der Waals surface area contributed by atoms with Gasteiger partial charge in [0.25, 0.3) is 5.91 Å². The van der Waals surface area contributed by atoms with Gasteiger partial charge in [-0.25, -0.2) is 18.6 Å². The lowest BCUT2D eigenvalue weighted by Gasteiger charge is -2.43. The second-order valence-electron chi connectivity index (χ2n) is 10.3. The minimum atomic E-state index is -0.930. The van der Waals surface area contributed by atoms with Crippen LogP contribution in [0, 0.1) is 11.6 Å². The van der Waals surface area contributed by atoms with Crippen LogP contribution >= 0.6 is 11.6 Å². The third-order valence-corrected chi connectivity index (χ3v) is 7.92. The van der Waals surface area contributed by atoms with E-state index >= 15 is 4.39 Å². The Hall–Kier alpha value is -4.13. The van der Waals surface area contributed by atoms with Crippen LogP contribution in [0.2, 0.25) is 5.02 Å². The van der Waals surface area contributed by atoms with Gasteiger partial charge >= 0.3 is 5.69 Å². The third kappa shape index (κ3) is 5.53. The van der Waals surface area contributed by atoms with E-state index in [1.807, 2.05) is 35.2 Å². The summed E-state index contributed by atoms with van der Waals surface area (Å²) < 4.78 is 44.3. The summed E-state index contributed by atoms with van der Waals surface area (Å²) in [5.41, 5.74) is 0.192. The van der Waals surface area contributed by atoms with E-state index in [0.29, 0.717) is 38.5 Å². The van der Waals surface area contributed by atoms with E-state index in [1.165, 1.54) is 27.7 Å². The van der Waals surface area contributed by atoms with Crippen LogP contribution in [0.3, 0.4) is 0 Å². The summed E-state index contributed by atoms with van der Waals surface area (Å²) in [5, 5.41) is 4.42. The molecule has 1 fully saturated rings. The van der Waals surface area contributed by atoms with Crippen molar-refractivity contribution in [3.05, 3.63) is 98.7 Å². The fraction of sp³-hybridized carbons (Fsp3) is 0.333. The fourth-order valence-electron chi connectivity index (χ4n) is 5.46. The zero-order chi connectivity index (χ0) is 30.1. The normalized spacial score (nSPS) is 15.7. The number of para-hydroxylation sites is 1. The molecule has 10 nitrogen and oxygen atoms in total. The minimum absolute atomic E-state index is 0.0164. The zero-order valence-corrected chi connectivity index (χ0v) is 24.1. The lowest BCUT2D eigenvalue weighted by Crippen LogP contribution is -2.53. The minimum Gasteiger partial charge on any atom is -0.381 e. The maximum atomic E-state index is 15.8. The molecule has 0 N–H and O–H groups in total. The molecule has 4 aromatic rings.